The Kier molecular flexibility index (Phi) is 2.95. The van der Waals surface area contributed by atoms with Crippen LogP contribution in [0.2, 0.25) is 0 Å². The summed E-state index contributed by atoms with van der Waals surface area (Å²) in [5.74, 6) is -3.15. The molecule has 0 aliphatic heterocycles. The van der Waals surface area contributed by atoms with E-state index < -0.39 is 28.0 Å². The Morgan fingerprint density at radius 3 is 2.64 bits per heavy atom. The smallest absolute Gasteiger partial charge is 0.314 e. The Morgan fingerprint density at radius 2 is 2.14 bits per heavy atom. The topological polar surface area (TPSA) is 52.4 Å². The lowest BCUT2D eigenvalue weighted by Crippen LogP contribution is -2.01. The highest BCUT2D eigenvalue weighted by Crippen LogP contribution is 2.31. The Labute approximate surface area is 78.3 Å². The van der Waals surface area contributed by atoms with Gasteiger partial charge in [0.2, 0.25) is 11.6 Å². The molecule has 0 fully saturated rings. The van der Waals surface area contributed by atoms with E-state index in [1.54, 1.807) is 0 Å². The second-order valence-corrected chi connectivity index (χ2v) is 2.40. The van der Waals surface area contributed by atoms with Crippen LogP contribution in [0.15, 0.2) is 12.1 Å². The molecule has 0 aliphatic carbocycles. The number of hydrogen-bond acceptors (Lipinski definition) is 3. The summed E-state index contributed by atoms with van der Waals surface area (Å²) >= 11 is 0. The number of hydrogen-bond donors (Lipinski definition) is 0. The molecule has 0 amide bonds. The number of halogens is 2. The van der Waals surface area contributed by atoms with Gasteiger partial charge in [-0.25, -0.2) is 4.39 Å². The Hall–Kier alpha value is -1.72. The zero-order valence-corrected chi connectivity index (χ0v) is 7.29. The minimum absolute atomic E-state index is 0.0290. The third-order valence-corrected chi connectivity index (χ3v) is 1.51. The van der Waals surface area contributed by atoms with Gasteiger partial charge in [-0.05, 0) is 13.0 Å². The van der Waals surface area contributed by atoms with E-state index in [0.29, 0.717) is 6.07 Å². The van der Waals surface area contributed by atoms with Crippen molar-refractivity contribution in [2.75, 3.05) is 6.61 Å². The van der Waals surface area contributed by atoms with Crippen LogP contribution in [0.1, 0.15) is 6.92 Å². The highest BCUT2D eigenvalue weighted by atomic mass is 19.2. The van der Waals surface area contributed by atoms with Crippen molar-refractivity contribution < 1.29 is 18.4 Å². The molecule has 0 N–H and O–H groups in total. The van der Waals surface area contributed by atoms with Gasteiger partial charge >= 0.3 is 5.69 Å². The monoisotopic (exact) mass is 203 g/mol. The summed E-state index contributed by atoms with van der Waals surface area (Å²) in [5.41, 5.74) is -0.578. The van der Waals surface area contributed by atoms with Gasteiger partial charge in [0.1, 0.15) is 0 Å². The lowest BCUT2D eigenvalue weighted by molar-refractivity contribution is -0.386. The first-order chi connectivity index (χ1) is 6.57. The highest BCUT2D eigenvalue weighted by Gasteiger charge is 2.22. The second-order valence-electron chi connectivity index (χ2n) is 2.40. The molecule has 0 bridgehead atoms. The Bertz CT molecular complexity index is 368. The summed E-state index contributed by atoms with van der Waals surface area (Å²) in [5, 5.41) is 10.4. The standard InChI is InChI=1S/C8H7F2NO3/c1-2-14-8-6(11(12)13)4-3-5(9)7(8)10/h3-4H,2H2,1H3. The maximum absolute atomic E-state index is 13.0. The molecule has 6 heteroatoms. The zero-order chi connectivity index (χ0) is 10.7. The SMILES string of the molecule is CCOc1c([N+](=O)[O-])ccc(F)c1F. The fourth-order valence-electron chi connectivity index (χ4n) is 0.947. The molecule has 1 rings (SSSR count). The minimum Gasteiger partial charge on any atom is -0.485 e. The molecule has 0 unspecified atom stereocenters. The lowest BCUT2D eigenvalue weighted by Gasteiger charge is -2.05. The largest absolute Gasteiger partial charge is 0.485 e. The molecule has 1 aromatic carbocycles. The minimum atomic E-state index is -1.33. The van der Waals surface area contributed by atoms with Crippen LogP contribution in [0.5, 0.6) is 5.75 Å². The van der Waals surface area contributed by atoms with Crippen LogP contribution in [0, 0.1) is 21.7 Å². The summed E-state index contributed by atoms with van der Waals surface area (Å²) in [6, 6.07) is 1.55. The number of nitro groups is 1. The van der Waals surface area contributed by atoms with Gasteiger partial charge in [-0.1, -0.05) is 0 Å². The van der Waals surface area contributed by atoms with Crippen molar-refractivity contribution in [3.63, 3.8) is 0 Å². The Balaban J connectivity index is 3.29. The average molecular weight is 203 g/mol. The number of nitrogens with zero attached hydrogens (tertiary/aromatic N) is 1. The second kappa shape index (κ2) is 3.99. The first kappa shape index (κ1) is 10.4. The number of rotatable bonds is 3. The van der Waals surface area contributed by atoms with Gasteiger partial charge in [0, 0.05) is 6.07 Å². The van der Waals surface area contributed by atoms with Crippen molar-refractivity contribution in [2.24, 2.45) is 0 Å². The highest BCUT2D eigenvalue weighted by molar-refractivity contribution is 5.47. The van der Waals surface area contributed by atoms with Crippen LogP contribution in [0.3, 0.4) is 0 Å². The molecule has 0 saturated heterocycles. The van der Waals surface area contributed by atoms with Crippen molar-refractivity contribution in [3.05, 3.63) is 33.9 Å². The van der Waals surface area contributed by atoms with E-state index in [0.717, 1.165) is 6.07 Å². The van der Waals surface area contributed by atoms with E-state index in [1.807, 2.05) is 0 Å². The molecule has 76 valence electrons. The molecule has 0 saturated carbocycles. The van der Waals surface area contributed by atoms with Crippen molar-refractivity contribution >= 4 is 5.69 Å². The molecule has 14 heavy (non-hydrogen) atoms. The molecular weight excluding hydrogens is 196 g/mol. The normalized spacial score (nSPS) is 9.93. The maximum Gasteiger partial charge on any atom is 0.314 e. The van der Waals surface area contributed by atoms with Crippen LogP contribution in [0.25, 0.3) is 0 Å². The lowest BCUT2D eigenvalue weighted by atomic mass is 10.2. The van der Waals surface area contributed by atoms with Crippen molar-refractivity contribution in [1.29, 1.82) is 0 Å². The van der Waals surface area contributed by atoms with Gasteiger partial charge in [0.15, 0.2) is 5.82 Å². The quantitative estimate of drug-likeness (QED) is 0.559. The molecule has 0 heterocycles. The van der Waals surface area contributed by atoms with Crippen LogP contribution >= 0.6 is 0 Å². The fraction of sp³-hybridized carbons (Fsp3) is 0.250. The fourth-order valence-corrected chi connectivity index (χ4v) is 0.947. The number of nitro benzene ring substituents is 1. The van der Waals surface area contributed by atoms with Crippen LogP contribution in [0.4, 0.5) is 14.5 Å². The zero-order valence-electron chi connectivity index (χ0n) is 7.29. The molecule has 1 aromatic rings. The molecule has 0 radical (unpaired) electrons. The number of ether oxygens (including phenoxy) is 1. The average Bonchev–Trinajstić information content (AvgIpc) is 2.13. The Morgan fingerprint density at radius 1 is 1.50 bits per heavy atom. The summed E-state index contributed by atoms with van der Waals surface area (Å²) < 4.78 is 30.3. The first-order valence-corrected chi connectivity index (χ1v) is 3.83. The van der Waals surface area contributed by atoms with Gasteiger partial charge < -0.3 is 4.74 Å². The third-order valence-electron chi connectivity index (χ3n) is 1.51. The predicted molar refractivity (Wildman–Crippen MR) is 44.2 cm³/mol. The van der Waals surface area contributed by atoms with E-state index in [2.05, 4.69) is 4.74 Å². The molecule has 0 aromatic heterocycles. The van der Waals surface area contributed by atoms with Crippen molar-refractivity contribution in [1.82, 2.24) is 0 Å². The number of benzene rings is 1. The third kappa shape index (κ3) is 1.78. The predicted octanol–water partition coefficient (Wildman–Crippen LogP) is 2.27. The van der Waals surface area contributed by atoms with Gasteiger partial charge in [0.05, 0.1) is 11.5 Å². The van der Waals surface area contributed by atoms with E-state index >= 15 is 0 Å². The van der Waals surface area contributed by atoms with Crippen LogP contribution in [-0.2, 0) is 0 Å². The van der Waals surface area contributed by atoms with Gasteiger partial charge in [0.25, 0.3) is 0 Å². The molecule has 0 aliphatic rings. The van der Waals surface area contributed by atoms with Crippen LogP contribution < -0.4 is 4.74 Å². The molecule has 0 atom stereocenters. The summed E-state index contributed by atoms with van der Waals surface area (Å²) in [4.78, 5) is 9.57. The van der Waals surface area contributed by atoms with E-state index in [-0.39, 0.29) is 6.61 Å². The molecule has 0 spiro atoms. The van der Waals surface area contributed by atoms with Gasteiger partial charge in [-0.15, -0.1) is 0 Å². The maximum atomic E-state index is 13.0. The van der Waals surface area contributed by atoms with E-state index in [4.69, 9.17) is 0 Å². The summed E-state index contributed by atoms with van der Waals surface area (Å²) in [6.45, 7) is 1.55. The summed E-state index contributed by atoms with van der Waals surface area (Å²) in [6.07, 6.45) is 0. The van der Waals surface area contributed by atoms with E-state index in [9.17, 15) is 18.9 Å². The van der Waals surface area contributed by atoms with E-state index in [1.165, 1.54) is 6.92 Å². The summed E-state index contributed by atoms with van der Waals surface area (Å²) in [7, 11) is 0. The van der Waals surface area contributed by atoms with Crippen molar-refractivity contribution in [2.45, 2.75) is 6.92 Å². The molecule has 4 nitrogen and oxygen atoms in total. The first-order valence-electron chi connectivity index (χ1n) is 3.83. The molecular formula is C8H7F2NO3. The van der Waals surface area contributed by atoms with Crippen LogP contribution in [-0.4, -0.2) is 11.5 Å². The van der Waals surface area contributed by atoms with Gasteiger partial charge in [-0.2, -0.15) is 4.39 Å². The van der Waals surface area contributed by atoms with Crippen molar-refractivity contribution in [3.8, 4) is 5.75 Å². The van der Waals surface area contributed by atoms with Gasteiger partial charge in [-0.3, -0.25) is 10.1 Å².